The van der Waals surface area contributed by atoms with Gasteiger partial charge in [-0.05, 0) is 36.8 Å². The molecule has 0 radical (unpaired) electrons. The number of hydrogen-bond acceptors (Lipinski definition) is 3. The minimum Gasteiger partial charge on any atom is -0.496 e. The molecule has 3 heteroatoms. The van der Waals surface area contributed by atoms with E-state index in [1.165, 1.54) is 11.1 Å². The third-order valence-electron chi connectivity index (χ3n) is 3.92. The summed E-state index contributed by atoms with van der Waals surface area (Å²) in [5.74, 6) is 6.66. The highest BCUT2D eigenvalue weighted by molar-refractivity contribution is 5.37. The van der Waals surface area contributed by atoms with E-state index in [-0.39, 0.29) is 11.5 Å². The lowest BCUT2D eigenvalue weighted by Crippen LogP contribution is -2.47. The van der Waals surface area contributed by atoms with Crippen molar-refractivity contribution >= 4 is 0 Å². The van der Waals surface area contributed by atoms with Gasteiger partial charge in [0.1, 0.15) is 5.75 Å². The highest BCUT2D eigenvalue weighted by atomic mass is 16.5. The first kappa shape index (κ1) is 15.0. The van der Waals surface area contributed by atoms with Crippen molar-refractivity contribution in [1.29, 1.82) is 0 Å². The van der Waals surface area contributed by atoms with E-state index in [1.807, 2.05) is 6.07 Å². The number of nitrogens with two attached hydrogens (primary N) is 1. The van der Waals surface area contributed by atoms with E-state index in [1.54, 1.807) is 7.11 Å². The molecule has 0 aliphatic carbocycles. The smallest absolute Gasteiger partial charge is 0.122 e. The number of aryl methyl sites for hydroxylation is 1. The molecule has 1 atom stereocenters. The molecule has 1 unspecified atom stereocenters. The zero-order valence-electron chi connectivity index (χ0n) is 12.2. The molecule has 102 valence electrons. The molecule has 0 saturated carbocycles. The Bertz CT molecular complexity index is 388. The summed E-state index contributed by atoms with van der Waals surface area (Å²) in [4.78, 5) is 0. The summed E-state index contributed by atoms with van der Waals surface area (Å²) in [6, 6.07) is 6.50. The minimum atomic E-state index is 0.156. The van der Waals surface area contributed by atoms with Crippen LogP contribution in [0.4, 0.5) is 0 Å². The van der Waals surface area contributed by atoms with E-state index >= 15 is 0 Å². The van der Waals surface area contributed by atoms with Crippen molar-refractivity contribution in [3.8, 4) is 5.75 Å². The molecule has 1 rings (SSSR count). The molecule has 0 heterocycles. The highest BCUT2D eigenvalue weighted by Gasteiger charge is 2.27. The fourth-order valence-electron chi connectivity index (χ4n) is 2.09. The van der Waals surface area contributed by atoms with E-state index in [0.717, 1.165) is 18.6 Å². The average molecular weight is 250 g/mol. The Balaban J connectivity index is 2.97. The van der Waals surface area contributed by atoms with Gasteiger partial charge >= 0.3 is 0 Å². The molecule has 0 fully saturated rings. The summed E-state index contributed by atoms with van der Waals surface area (Å²) in [5.41, 5.74) is 5.57. The highest BCUT2D eigenvalue weighted by Crippen LogP contribution is 2.30. The van der Waals surface area contributed by atoms with E-state index in [9.17, 15) is 0 Å². The van der Waals surface area contributed by atoms with Crippen LogP contribution in [0.3, 0.4) is 0 Å². The van der Waals surface area contributed by atoms with Crippen LogP contribution in [0.15, 0.2) is 18.2 Å². The van der Waals surface area contributed by atoms with Gasteiger partial charge in [0.05, 0.1) is 7.11 Å². The van der Waals surface area contributed by atoms with Crippen molar-refractivity contribution < 1.29 is 4.74 Å². The Morgan fingerprint density at radius 3 is 2.56 bits per heavy atom. The van der Waals surface area contributed by atoms with Crippen LogP contribution in [0.2, 0.25) is 0 Å². The maximum atomic E-state index is 5.72. The van der Waals surface area contributed by atoms with Gasteiger partial charge in [0.25, 0.3) is 0 Å². The summed E-state index contributed by atoms with van der Waals surface area (Å²) < 4.78 is 5.42. The molecule has 0 spiro atoms. The molecule has 0 aromatic heterocycles. The van der Waals surface area contributed by atoms with Crippen molar-refractivity contribution in [2.75, 3.05) is 7.11 Å². The van der Waals surface area contributed by atoms with Gasteiger partial charge in [-0.25, -0.2) is 0 Å². The molecule has 0 amide bonds. The molecule has 1 aromatic carbocycles. The molecule has 3 nitrogen and oxygen atoms in total. The van der Waals surface area contributed by atoms with Gasteiger partial charge in [-0.1, -0.05) is 38.5 Å². The fourth-order valence-corrected chi connectivity index (χ4v) is 2.09. The third-order valence-corrected chi connectivity index (χ3v) is 3.92. The topological polar surface area (TPSA) is 47.3 Å². The maximum Gasteiger partial charge on any atom is 0.122 e. The van der Waals surface area contributed by atoms with Crippen LogP contribution in [0.5, 0.6) is 5.75 Å². The Kier molecular flexibility index (Phi) is 5.17. The predicted octanol–water partition coefficient (Wildman–Crippen LogP) is 2.81. The normalized spacial score (nSPS) is 13.4. The molecule has 0 aliphatic heterocycles. The van der Waals surface area contributed by atoms with Gasteiger partial charge in [0.2, 0.25) is 0 Å². The van der Waals surface area contributed by atoms with Crippen LogP contribution >= 0.6 is 0 Å². The van der Waals surface area contributed by atoms with E-state index < -0.39 is 0 Å². The zero-order chi connectivity index (χ0) is 13.8. The molecule has 1 aromatic rings. The first-order valence-electron chi connectivity index (χ1n) is 6.54. The van der Waals surface area contributed by atoms with Gasteiger partial charge in [-0.2, -0.15) is 0 Å². The van der Waals surface area contributed by atoms with Crippen LogP contribution in [0, 0.1) is 12.3 Å². The monoisotopic (exact) mass is 250 g/mol. The fraction of sp³-hybridized carbons (Fsp3) is 0.600. The Morgan fingerprint density at radius 2 is 2.06 bits per heavy atom. The standard InChI is InChI=1S/C15H26N2O/c1-6-15(3,4)14(17-16)10-12-9-11(2)7-8-13(12)18-5/h7-9,14,17H,6,10,16H2,1-5H3. The zero-order valence-corrected chi connectivity index (χ0v) is 12.2. The lowest BCUT2D eigenvalue weighted by molar-refractivity contribution is 0.230. The summed E-state index contributed by atoms with van der Waals surface area (Å²) in [6.07, 6.45) is 1.96. The molecular formula is C15H26N2O. The van der Waals surface area contributed by atoms with Crippen molar-refractivity contribution in [3.05, 3.63) is 29.3 Å². The van der Waals surface area contributed by atoms with Crippen molar-refractivity contribution in [3.63, 3.8) is 0 Å². The Labute approximate surface area is 111 Å². The minimum absolute atomic E-state index is 0.156. The van der Waals surface area contributed by atoms with Crippen LogP contribution < -0.4 is 16.0 Å². The number of nitrogens with one attached hydrogen (secondary N) is 1. The van der Waals surface area contributed by atoms with Crippen LogP contribution in [0.25, 0.3) is 0 Å². The average Bonchev–Trinajstić information content (AvgIpc) is 2.35. The lowest BCUT2D eigenvalue weighted by Gasteiger charge is -2.33. The molecule has 0 saturated heterocycles. The number of ether oxygens (including phenoxy) is 1. The number of hydrogen-bond donors (Lipinski definition) is 2. The summed E-state index contributed by atoms with van der Waals surface area (Å²) in [6.45, 7) is 8.76. The third kappa shape index (κ3) is 3.47. The number of methoxy groups -OCH3 is 1. The molecule has 0 aliphatic rings. The largest absolute Gasteiger partial charge is 0.496 e. The molecule has 0 bridgehead atoms. The lowest BCUT2D eigenvalue weighted by atomic mass is 9.79. The SMILES string of the molecule is CCC(C)(C)C(Cc1cc(C)ccc1OC)NN. The number of hydrazine groups is 1. The van der Waals surface area contributed by atoms with Crippen molar-refractivity contribution in [2.45, 2.75) is 46.6 Å². The first-order valence-corrected chi connectivity index (χ1v) is 6.54. The van der Waals surface area contributed by atoms with Crippen molar-refractivity contribution in [1.82, 2.24) is 5.43 Å². The first-order chi connectivity index (χ1) is 8.44. The predicted molar refractivity (Wildman–Crippen MR) is 76.6 cm³/mol. The summed E-state index contributed by atoms with van der Waals surface area (Å²) in [7, 11) is 1.71. The maximum absolute atomic E-state index is 5.72. The van der Waals surface area contributed by atoms with Gasteiger partial charge < -0.3 is 4.74 Å². The number of rotatable bonds is 6. The Hall–Kier alpha value is -1.06. The second-order valence-electron chi connectivity index (χ2n) is 5.58. The van der Waals surface area contributed by atoms with Gasteiger partial charge in [-0.3, -0.25) is 11.3 Å². The molecular weight excluding hydrogens is 224 g/mol. The second kappa shape index (κ2) is 6.21. The Morgan fingerprint density at radius 1 is 1.39 bits per heavy atom. The van der Waals surface area contributed by atoms with Crippen molar-refractivity contribution in [2.24, 2.45) is 11.3 Å². The molecule has 3 N–H and O–H groups in total. The van der Waals surface area contributed by atoms with E-state index in [0.29, 0.717) is 0 Å². The summed E-state index contributed by atoms with van der Waals surface area (Å²) >= 11 is 0. The number of benzene rings is 1. The van der Waals surface area contributed by atoms with Crippen LogP contribution in [-0.2, 0) is 6.42 Å². The van der Waals surface area contributed by atoms with Gasteiger partial charge in [0.15, 0.2) is 0 Å². The van der Waals surface area contributed by atoms with E-state index in [4.69, 9.17) is 10.6 Å². The van der Waals surface area contributed by atoms with Gasteiger partial charge in [-0.15, -0.1) is 0 Å². The molecule has 18 heavy (non-hydrogen) atoms. The van der Waals surface area contributed by atoms with Crippen LogP contribution in [0.1, 0.15) is 38.3 Å². The quantitative estimate of drug-likeness (QED) is 0.603. The van der Waals surface area contributed by atoms with E-state index in [2.05, 4.69) is 45.3 Å². The van der Waals surface area contributed by atoms with Gasteiger partial charge in [0, 0.05) is 6.04 Å². The van der Waals surface area contributed by atoms with Crippen LogP contribution in [-0.4, -0.2) is 13.2 Å². The second-order valence-corrected chi connectivity index (χ2v) is 5.58. The summed E-state index contributed by atoms with van der Waals surface area (Å²) in [5, 5.41) is 0.